The van der Waals surface area contributed by atoms with Crippen LogP contribution >= 0.6 is 31.9 Å². The number of anilines is 1. The first kappa shape index (κ1) is 11.6. The van der Waals surface area contributed by atoms with E-state index in [0.717, 1.165) is 20.5 Å². The Labute approximate surface area is 110 Å². The molecule has 1 N–H and O–H groups in total. The molecule has 6 heteroatoms. The summed E-state index contributed by atoms with van der Waals surface area (Å²) in [6, 6.07) is 5.99. The van der Waals surface area contributed by atoms with Crippen molar-refractivity contribution in [3.05, 3.63) is 39.3 Å². The van der Waals surface area contributed by atoms with Crippen molar-refractivity contribution in [2.45, 2.75) is 6.54 Å². The zero-order valence-electron chi connectivity index (χ0n) is 8.61. The smallest absolute Gasteiger partial charge is 0.151 e. The van der Waals surface area contributed by atoms with Gasteiger partial charge in [-0.15, -0.1) is 10.2 Å². The van der Waals surface area contributed by atoms with Crippen LogP contribution in [0.4, 0.5) is 5.69 Å². The van der Waals surface area contributed by atoms with Gasteiger partial charge in [0.2, 0.25) is 0 Å². The van der Waals surface area contributed by atoms with Crippen molar-refractivity contribution in [3.8, 4) is 0 Å². The van der Waals surface area contributed by atoms with Crippen molar-refractivity contribution in [2.75, 3.05) is 5.32 Å². The minimum absolute atomic E-state index is 0.650. The molecule has 0 fully saturated rings. The monoisotopic (exact) mass is 344 g/mol. The van der Waals surface area contributed by atoms with Crippen LogP contribution in [0.15, 0.2) is 33.5 Å². The summed E-state index contributed by atoms with van der Waals surface area (Å²) in [7, 11) is 1.92. The van der Waals surface area contributed by atoms with Crippen molar-refractivity contribution >= 4 is 37.5 Å². The van der Waals surface area contributed by atoms with Gasteiger partial charge in [0.1, 0.15) is 6.33 Å². The van der Waals surface area contributed by atoms with Crippen LogP contribution in [-0.4, -0.2) is 14.8 Å². The minimum atomic E-state index is 0.650. The maximum Gasteiger partial charge on any atom is 0.151 e. The molecule has 0 saturated carbocycles. The second-order valence-corrected chi connectivity index (χ2v) is 5.11. The number of nitrogens with one attached hydrogen (secondary N) is 1. The predicted octanol–water partition coefficient (Wildman–Crippen LogP) is 2.95. The number of benzene rings is 1. The van der Waals surface area contributed by atoms with Crippen LogP contribution in [0.1, 0.15) is 5.82 Å². The predicted molar refractivity (Wildman–Crippen MR) is 70.2 cm³/mol. The quantitative estimate of drug-likeness (QED) is 0.930. The minimum Gasteiger partial charge on any atom is -0.377 e. The van der Waals surface area contributed by atoms with E-state index in [1.54, 1.807) is 6.33 Å². The number of hydrogen-bond acceptors (Lipinski definition) is 3. The molecule has 4 nitrogen and oxygen atoms in total. The summed E-state index contributed by atoms with van der Waals surface area (Å²) in [4.78, 5) is 0. The van der Waals surface area contributed by atoms with Gasteiger partial charge in [-0.1, -0.05) is 15.9 Å². The van der Waals surface area contributed by atoms with Crippen LogP contribution in [0.3, 0.4) is 0 Å². The fourth-order valence-electron chi connectivity index (χ4n) is 1.27. The standard InChI is InChI=1S/C10H10Br2N4/c1-16-6-14-15-10(16)5-13-9-3-2-7(11)4-8(9)12/h2-4,6,13H,5H2,1H3. The number of halogens is 2. The molecule has 1 heterocycles. The van der Waals surface area contributed by atoms with E-state index in [1.807, 2.05) is 29.8 Å². The average Bonchev–Trinajstić information content (AvgIpc) is 2.63. The molecular weight excluding hydrogens is 336 g/mol. The molecule has 0 spiro atoms. The summed E-state index contributed by atoms with van der Waals surface area (Å²) >= 11 is 6.91. The molecule has 0 aliphatic carbocycles. The Morgan fingerprint density at radius 1 is 1.38 bits per heavy atom. The lowest BCUT2D eigenvalue weighted by atomic mass is 10.3. The lowest BCUT2D eigenvalue weighted by Crippen LogP contribution is -2.05. The summed E-state index contributed by atoms with van der Waals surface area (Å²) in [5.74, 6) is 0.898. The molecule has 0 atom stereocenters. The Morgan fingerprint density at radius 3 is 2.81 bits per heavy atom. The Balaban J connectivity index is 2.08. The van der Waals surface area contributed by atoms with Crippen LogP contribution in [0.25, 0.3) is 0 Å². The number of nitrogens with zero attached hydrogens (tertiary/aromatic N) is 3. The van der Waals surface area contributed by atoms with Crippen molar-refractivity contribution in [1.82, 2.24) is 14.8 Å². The molecule has 2 aromatic rings. The molecule has 0 bridgehead atoms. The van der Waals surface area contributed by atoms with Gasteiger partial charge in [0, 0.05) is 21.7 Å². The molecule has 2 rings (SSSR count). The number of aryl methyl sites for hydroxylation is 1. The second kappa shape index (κ2) is 4.97. The molecule has 0 aliphatic heterocycles. The largest absolute Gasteiger partial charge is 0.377 e. The second-order valence-electron chi connectivity index (χ2n) is 3.34. The highest BCUT2D eigenvalue weighted by molar-refractivity contribution is 9.11. The molecular formula is C10H10Br2N4. The van der Waals surface area contributed by atoms with E-state index in [0.29, 0.717) is 6.54 Å². The summed E-state index contributed by atoms with van der Waals surface area (Å²) in [5, 5.41) is 11.1. The number of hydrogen-bond donors (Lipinski definition) is 1. The Hall–Kier alpha value is -0.880. The van der Waals surface area contributed by atoms with Crippen LogP contribution in [0, 0.1) is 0 Å². The fourth-order valence-corrected chi connectivity index (χ4v) is 2.46. The molecule has 0 radical (unpaired) electrons. The zero-order chi connectivity index (χ0) is 11.5. The molecule has 0 saturated heterocycles. The van der Waals surface area contributed by atoms with Crippen LogP contribution in [-0.2, 0) is 13.6 Å². The SMILES string of the molecule is Cn1cnnc1CNc1ccc(Br)cc1Br. The van der Waals surface area contributed by atoms with Gasteiger partial charge in [0.25, 0.3) is 0 Å². The van der Waals surface area contributed by atoms with Gasteiger partial charge in [-0.05, 0) is 34.1 Å². The lowest BCUT2D eigenvalue weighted by Gasteiger charge is -2.08. The fraction of sp³-hybridized carbons (Fsp3) is 0.200. The first-order valence-corrected chi connectivity index (χ1v) is 6.27. The highest BCUT2D eigenvalue weighted by atomic mass is 79.9. The Kier molecular flexibility index (Phi) is 3.60. The number of rotatable bonds is 3. The third kappa shape index (κ3) is 2.62. The van der Waals surface area contributed by atoms with E-state index >= 15 is 0 Å². The van der Waals surface area contributed by atoms with Gasteiger partial charge >= 0.3 is 0 Å². The third-order valence-corrected chi connectivity index (χ3v) is 3.32. The van der Waals surface area contributed by atoms with E-state index < -0.39 is 0 Å². The molecule has 0 unspecified atom stereocenters. The van der Waals surface area contributed by atoms with Crippen LogP contribution in [0.2, 0.25) is 0 Å². The van der Waals surface area contributed by atoms with E-state index in [4.69, 9.17) is 0 Å². The van der Waals surface area contributed by atoms with Gasteiger partial charge in [0.15, 0.2) is 5.82 Å². The van der Waals surface area contributed by atoms with Crippen molar-refractivity contribution in [3.63, 3.8) is 0 Å². The van der Waals surface area contributed by atoms with Gasteiger partial charge < -0.3 is 9.88 Å². The Bertz CT molecular complexity index is 495. The highest BCUT2D eigenvalue weighted by Crippen LogP contribution is 2.26. The molecule has 84 valence electrons. The molecule has 1 aromatic carbocycles. The molecule has 0 amide bonds. The van der Waals surface area contributed by atoms with E-state index in [2.05, 4.69) is 47.4 Å². The van der Waals surface area contributed by atoms with E-state index in [-0.39, 0.29) is 0 Å². The van der Waals surface area contributed by atoms with Crippen molar-refractivity contribution in [2.24, 2.45) is 7.05 Å². The van der Waals surface area contributed by atoms with Crippen LogP contribution < -0.4 is 5.32 Å². The topological polar surface area (TPSA) is 42.7 Å². The Morgan fingerprint density at radius 2 is 2.19 bits per heavy atom. The van der Waals surface area contributed by atoms with Gasteiger partial charge in [-0.3, -0.25) is 0 Å². The summed E-state index contributed by atoms with van der Waals surface area (Å²) in [5.41, 5.74) is 1.03. The first-order valence-electron chi connectivity index (χ1n) is 4.68. The van der Waals surface area contributed by atoms with Crippen molar-refractivity contribution < 1.29 is 0 Å². The van der Waals surface area contributed by atoms with E-state index in [9.17, 15) is 0 Å². The maximum atomic E-state index is 4.00. The molecule has 16 heavy (non-hydrogen) atoms. The average molecular weight is 346 g/mol. The maximum absolute atomic E-state index is 4.00. The summed E-state index contributed by atoms with van der Waals surface area (Å²) < 4.78 is 3.95. The normalized spacial score (nSPS) is 10.4. The van der Waals surface area contributed by atoms with Gasteiger partial charge in [0.05, 0.1) is 6.54 Å². The van der Waals surface area contributed by atoms with Gasteiger partial charge in [-0.2, -0.15) is 0 Å². The lowest BCUT2D eigenvalue weighted by molar-refractivity contribution is 0.812. The summed E-state index contributed by atoms with van der Waals surface area (Å²) in [6.45, 7) is 0.650. The van der Waals surface area contributed by atoms with E-state index in [1.165, 1.54) is 0 Å². The first-order chi connectivity index (χ1) is 7.66. The molecule has 0 aliphatic rings. The number of aromatic nitrogens is 3. The zero-order valence-corrected chi connectivity index (χ0v) is 11.8. The third-order valence-electron chi connectivity index (χ3n) is 2.17. The summed E-state index contributed by atoms with van der Waals surface area (Å²) in [6.07, 6.45) is 1.69. The molecule has 1 aromatic heterocycles. The van der Waals surface area contributed by atoms with Crippen molar-refractivity contribution in [1.29, 1.82) is 0 Å². The van der Waals surface area contributed by atoms with Crippen LogP contribution in [0.5, 0.6) is 0 Å². The highest BCUT2D eigenvalue weighted by Gasteiger charge is 2.03. The van der Waals surface area contributed by atoms with Gasteiger partial charge in [-0.25, -0.2) is 0 Å².